The third-order valence-corrected chi connectivity index (χ3v) is 3.78. The van der Waals surface area contributed by atoms with Crippen molar-refractivity contribution >= 4 is 12.4 Å². The van der Waals surface area contributed by atoms with Gasteiger partial charge in [-0.3, -0.25) is 4.90 Å². The molecule has 2 saturated heterocycles. The average Bonchev–Trinajstić information content (AvgIpc) is 2.80. The molecule has 8 heteroatoms. The predicted octanol–water partition coefficient (Wildman–Crippen LogP) is 1.95. The Morgan fingerprint density at radius 2 is 2.19 bits per heavy atom. The van der Waals surface area contributed by atoms with Gasteiger partial charge in [0, 0.05) is 44.8 Å². The van der Waals surface area contributed by atoms with Gasteiger partial charge in [-0.05, 0) is 12.1 Å². The lowest BCUT2D eigenvalue weighted by atomic mass is 10.1. The van der Waals surface area contributed by atoms with E-state index < -0.39 is 11.9 Å². The summed E-state index contributed by atoms with van der Waals surface area (Å²) in [6.45, 7) is 3.39. The van der Waals surface area contributed by atoms with Crippen molar-refractivity contribution < 1.29 is 17.9 Å². The SMILES string of the molecule is Cl.FC(F)(F)c1ncccc1O[C@@H]1C[C@H]2CNCCN2C1. The van der Waals surface area contributed by atoms with Crippen molar-refractivity contribution in [1.82, 2.24) is 15.2 Å². The Morgan fingerprint density at radius 3 is 2.90 bits per heavy atom. The molecule has 2 atom stereocenters. The largest absolute Gasteiger partial charge is 0.487 e. The van der Waals surface area contributed by atoms with Gasteiger partial charge >= 0.3 is 6.18 Å². The van der Waals surface area contributed by atoms with Crippen LogP contribution >= 0.6 is 12.4 Å². The highest BCUT2D eigenvalue weighted by Gasteiger charge is 2.39. The quantitative estimate of drug-likeness (QED) is 0.902. The molecule has 0 amide bonds. The first kappa shape index (κ1) is 16.3. The van der Waals surface area contributed by atoms with Gasteiger partial charge in [0.15, 0.2) is 11.4 Å². The van der Waals surface area contributed by atoms with Crippen LogP contribution in [-0.2, 0) is 6.18 Å². The van der Waals surface area contributed by atoms with Gasteiger partial charge in [0.2, 0.25) is 0 Å². The van der Waals surface area contributed by atoms with Crippen LogP contribution in [0.4, 0.5) is 13.2 Å². The van der Waals surface area contributed by atoms with Crippen LogP contribution < -0.4 is 10.1 Å². The Hall–Kier alpha value is -1.05. The molecular formula is C13H17ClF3N3O. The van der Waals surface area contributed by atoms with Crippen LogP contribution in [0.15, 0.2) is 18.3 Å². The van der Waals surface area contributed by atoms with Crippen molar-refractivity contribution in [3.8, 4) is 5.75 Å². The van der Waals surface area contributed by atoms with Gasteiger partial charge in [-0.25, -0.2) is 4.98 Å². The van der Waals surface area contributed by atoms with E-state index in [2.05, 4.69) is 15.2 Å². The summed E-state index contributed by atoms with van der Waals surface area (Å²) in [5, 5.41) is 3.29. The first-order chi connectivity index (χ1) is 9.54. The van der Waals surface area contributed by atoms with Crippen LogP contribution in [0.5, 0.6) is 5.75 Å². The van der Waals surface area contributed by atoms with Crippen LogP contribution in [0.3, 0.4) is 0 Å². The highest BCUT2D eigenvalue weighted by Crippen LogP contribution is 2.35. The van der Waals surface area contributed by atoms with E-state index in [1.165, 1.54) is 12.1 Å². The topological polar surface area (TPSA) is 37.4 Å². The lowest BCUT2D eigenvalue weighted by Crippen LogP contribution is -2.47. The fraction of sp³-hybridized carbons (Fsp3) is 0.615. The van der Waals surface area contributed by atoms with Gasteiger partial charge in [0.05, 0.1) is 0 Å². The predicted molar refractivity (Wildman–Crippen MR) is 73.8 cm³/mol. The summed E-state index contributed by atoms with van der Waals surface area (Å²) in [6.07, 6.45) is -2.80. The van der Waals surface area contributed by atoms with Crippen LogP contribution in [0.25, 0.3) is 0 Å². The van der Waals surface area contributed by atoms with Crippen LogP contribution in [0.1, 0.15) is 12.1 Å². The highest BCUT2D eigenvalue weighted by molar-refractivity contribution is 5.85. The first-order valence-corrected chi connectivity index (χ1v) is 6.67. The number of aromatic nitrogens is 1. The number of fused-ring (bicyclic) bond motifs is 1. The summed E-state index contributed by atoms with van der Waals surface area (Å²) >= 11 is 0. The summed E-state index contributed by atoms with van der Waals surface area (Å²) in [5.74, 6) is -0.169. The molecule has 0 radical (unpaired) electrons. The van der Waals surface area contributed by atoms with Gasteiger partial charge in [0.25, 0.3) is 0 Å². The fourth-order valence-electron chi connectivity index (χ4n) is 2.88. The van der Waals surface area contributed by atoms with E-state index in [0.29, 0.717) is 12.6 Å². The normalized spacial score (nSPS) is 26.0. The molecule has 3 heterocycles. The van der Waals surface area contributed by atoms with Gasteiger partial charge in [0.1, 0.15) is 6.10 Å². The minimum Gasteiger partial charge on any atom is -0.487 e. The number of hydrogen-bond acceptors (Lipinski definition) is 4. The molecule has 2 aliphatic rings. The Kier molecular flexibility index (Phi) is 4.95. The van der Waals surface area contributed by atoms with E-state index in [9.17, 15) is 13.2 Å². The molecule has 0 spiro atoms. The van der Waals surface area contributed by atoms with Crippen molar-refractivity contribution in [3.05, 3.63) is 24.0 Å². The van der Waals surface area contributed by atoms with Crippen LogP contribution in [0, 0.1) is 0 Å². The summed E-state index contributed by atoms with van der Waals surface area (Å²) in [6, 6.07) is 3.17. The number of ether oxygens (including phenoxy) is 1. The number of rotatable bonds is 2. The van der Waals surface area contributed by atoms with Crippen molar-refractivity contribution in [2.45, 2.75) is 24.7 Å². The van der Waals surface area contributed by atoms with E-state index in [0.717, 1.165) is 32.3 Å². The molecule has 1 N–H and O–H groups in total. The average molecular weight is 324 g/mol. The maximum absolute atomic E-state index is 12.9. The van der Waals surface area contributed by atoms with E-state index >= 15 is 0 Å². The van der Waals surface area contributed by atoms with Crippen molar-refractivity contribution in [3.63, 3.8) is 0 Å². The van der Waals surface area contributed by atoms with Crippen molar-refractivity contribution in [1.29, 1.82) is 0 Å². The standard InChI is InChI=1S/C13H16F3N3O.ClH/c14-13(15,16)12-11(2-1-3-18-12)20-10-6-9-7-17-4-5-19(9)8-10;/h1-3,9-10,17H,4-8H2;1H/t9-,10+;/m0./s1. The molecule has 2 aliphatic heterocycles. The molecule has 118 valence electrons. The van der Waals surface area contributed by atoms with Crippen molar-refractivity contribution in [2.75, 3.05) is 26.2 Å². The molecule has 1 aromatic rings. The number of nitrogens with zero attached hydrogens (tertiary/aromatic N) is 2. The minimum absolute atomic E-state index is 0. The number of nitrogens with one attached hydrogen (secondary N) is 1. The van der Waals surface area contributed by atoms with Gasteiger partial charge in [-0.2, -0.15) is 13.2 Å². The van der Waals surface area contributed by atoms with Crippen molar-refractivity contribution in [2.24, 2.45) is 0 Å². The number of pyridine rings is 1. The maximum atomic E-state index is 12.9. The molecule has 0 aliphatic carbocycles. The number of halogens is 4. The fourth-order valence-corrected chi connectivity index (χ4v) is 2.88. The first-order valence-electron chi connectivity index (χ1n) is 6.67. The Balaban J connectivity index is 0.00000161. The molecule has 21 heavy (non-hydrogen) atoms. The maximum Gasteiger partial charge on any atom is 0.437 e. The van der Waals surface area contributed by atoms with Gasteiger partial charge in [-0.1, -0.05) is 0 Å². The zero-order chi connectivity index (χ0) is 14.2. The van der Waals surface area contributed by atoms with Gasteiger partial charge < -0.3 is 10.1 Å². The zero-order valence-corrected chi connectivity index (χ0v) is 12.1. The van der Waals surface area contributed by atoms with Crippen LogP contribution in [-0.4, -0.2) is 48.2 Å². The van der Waals surface area contributed by atoms with E-state index in [4.69, 9.17) is 4.74 Å². The Bertz CT molecular complexity index is 472. The summed E-state index contributed by atoms with van der Waals surface area (Å²) in [7, 11) is 0. The van der Waals surface area contributed by atoms with Crippen LogP contribution in [0.2, 0.25) is 0 Å². The molecule has 0 bridgehead atoms. The number of piperazine rings is 1. The number of alkyl halides is 3. The lowest BCUT2D eigenvalue weighted by Gasteiger charge is -2.29. The molecule has 2 fully saturated rings. The van der Waals surface area contributed by atoms with E-state index in [1.807, 2.05) is 0 Å². The van der Waals surface area contributed by atoms with E-state index in [1.54, 1.807) is 0 Å². The highest BCUT2D eigenvalue weighted by atomic mass is 35.5. The third-order valence-electron chi connectivity index (χ3n) is 3.78. The second-order valence-electron chi connectivity index (χ2n) is 5.18. The lowest BCUT2D eigenvalue weighted by molar-refractivity contribution is -0.142. The molecular weight excluding hydrogens is 307 g/mol. The summed E-state index contributed by atoms with van der Waals surface area (Å²) < 4.78 is 44.1. The summed E-state index contributed by atoms with van der Waals surface area (Å²) in [5.41, 5.74) is -0.942. The zero-order valence-electron chi connectivity index (χ0n) is 11.3. The third kappa shape index (κ3) is 3.59. The summed E-state index contributed by atoms with van der Waals surface area (Å²) in [4.78, 5) is 5.68. The molecule has 1 aromatic heterocycles. The minimum atomic E-state index is -4.48. The smallest absolute Gasteiger partial charge is 0.437 e. The molecule has 3 rings (SSSR count). The molecule has 0 aromatic carbocycles. The monoisotopic (exact) mass is 323 g/mol. The van der Waals surface area contributed by atoms with Gasteiger partial charge in [-0.15, -0.1) is 12.4 Å². The molecule has 4 nitrogen and oxygen atoms in total. The van der Waals surface area contributed by atoms with E-state index in [-0.39, 0.29) is 24.3 Å². The number of hydrogen-bond donors (Lipinski definition) is 1. The molecule has 0 unspecified atom stereocenters. The second-order valence-corrected chi connectivity index (χ2v) is 5.18. The Morgan fingerprint density at radius 1 is 1.38 bits per heavy atom. The molecule has 0 saturated carbocycles. The Labute approximate surface area is 127 Å². The second kappa shape index (κ2) is 6.37.